The fourth-order valence-electron chi connectivity index (χ4n) is 2.49. The number of hydrogen-bond donors (Lipinski definition) is 1. The van der Waals surface area contributed by atoms with Crippen molar-refractivity contribution >= 4 is 23.1 Å². The SMILES string of the molecule is FC(F)C1=NNC(c2ccccc2Cl)=CN1CCc1ccccc1. The number of nitrogens with one attached hydrogen (secondary N) is 1. The molecule has 0 saturated carbocycles. The molecular weight excluding hydrogens is 332 g/mol. The fourth-order valence-corrected chi connectivity index (χ4v) is 2.73. The van der Waals surface area contributed by atoms with Gasteiger partial charge < -0.3 is 4.90 Å². The molecule has 1 aliphatic heterocycles. The van der Waals surface area contributed by atoms with E-state index in [1.807, 2.05) is 48.5 Å². The molecule has 1 heterocycles. The quantitative estimate of drug-likeness (QED) is 0.870. The van der Waals surface area contributed by atoms with Crippen LogP contribution in [-0.4, -0.2) is 23.7 Å². The molecule has 6 heteroatoms. The molecule has 0 aliphatic carbocycles. The molecule has 2 aromatic carbocycles. The number of amidine groups is 1. The minimum absolute atomic E-state index is 0.290. The zero-order valence-corrected chi connectivity index (χ0v) is 13.5. The fraction of sp³-hybridized carbons (Fsp3) is 0.167. The Morgan fingerprint density at radius 3 is 2.46 bits per heavy atom. The lowest BCUT2D eigenvalue weighted by atomic mass is 10.1. The third-order valence-corrected chi connectivity index (χ3v) is 4.04. The van der Waals surface area contributed by atoms with Gasteiger partial charge in [0.1, 0.15) is 0 Å². The lowest BCUT2D eigenvalue weighted by molar-refractivity contribution is 0.207. The summed E-state index contributed by atoms with van der Waals surface area (Å²) in [7, 11) is 0. The molecule has 0 fully saturated rings. The first-order valence-electron chi connectivity index (χ1n) is 7.54. The molecule has 0 aromatic heterocycles. The molecule has 0 amide bonds. The molecule has 1 N–H and O–H groups in total. The van der Waals surface area contributed by atoms with Gasteiger partial charge in [0.2, 0.25) is 0 Å². The van der Waals surface area contributed by atoms with E-state index in [0.717, 1.165) is 11.1 Å². The van der Waals surface area contributed by atoms with Crippen molar-refractivity contribution in [2.24, 2.45) is 5.10 Å². The molecule has 24 heavy (non-hydrogen) atoms. The van der Waals surface area contributed by atoms with Gasteiger partial charge in [0.15, 0.2) is 5.84 Å². The summed E-state index contributed by atoms with van der Waals surface area (Å²) in [5.74, 6) is -0.290. The summed E-state index contributed by atoms with van der Waals surface area (Å²) in [5.41, 5.74) is 5.08. The van der Waals surface area contributed by atoms with Crippen LogP contribution in [0.25, 0.3) is 5.70 Å². The third kappa shape index (κ3) is 3.74. The van der Waals surface area contributed by atoms with E-state index in [0.29, 0.717) is 23.7 Å². The molecule has 0 unspecified atom stereocenters. The molecule has 1 aliphatic rings. The minimum Gasteiger partial charge on any atom is -0.328 e. The molecule has 3 nitrogen and oxygen atoms in total. The van der Waals surface area contributed by atoms with Gasteiger partial charge in [-0.15, -0.1) is 0 Å². The molecule has 0 saturated heterocycles. The van der Waals surface area contributed by atoms with E-state index >= 15 is 0 Å². The Labute approximate surface area is 144 Å². The Hall–Kier alpha value is -2.40. The third-order valence-electron chi connectivity index (χ3n) is 3.71. The van der Waals surface area contributed by atoms with Crippen molar-refractivity contribution in [3.63, 3.8) is 0 Å². The van der Waals surface area contributed by atoms with Gasteiger partial charge in [0.25, 0.3) is 6.43 Å². The second kappa shape index (κ2) is 7.45. The highest BCUT2D eigenvalue weighted by Crippen LogP contribution is 2.24. The van der Waals surface area contributed by atoms with E-state index in [9.17, 15) is 8.78 Å². The molecule has 3 rings (SSSR count). The van der Waals surface area contributed by atoms with Crippen LogP contribution >= 0.6 is 11.6 Å². The Morgan fingerprint density at radius 2 is 1.75 bits per heavy atom. The van der Waals surface area contributed by atoms with Crippen molar-refractivity contribution < 1.29 is 8.78 Å². The van der Waals surface area contributed by atoms with E-state index in [1.54, 1.807) is 12.3 Å². The zero-order valence-electron chi connectivity index (χ0n) is 12.8. The summed E-state index contributed by atoms with van der Waals surface area (Å²) in [6, 6.07) is 17.0. The van der Waals surface area contributed by atoms with E-state index in [-0.39, 0.29) is 5.84 Å². The normalized spacial score (nSPS) is 14.2. The number of halogens is 3. The van der Waals surface area contributed by atoms with Crippen molar-refractivity contribution in [2.45, 2.75) is 12.8 Å². The van der Waals surface area contributed by atoms with Gasteiger partial charge >= 0.3 is 0 Å². The van der Waals surface area contributed by atoms with Crippen molar-refractivity contribution in [1.29, 1.82) is 0 Å². The Bertz CT molecular complexity index is 760. The second-order valence-corrected chi connectivity index (χ2v) is 5.74. The molecule has 0 bridgehead atoms. The van der Waals surface area contributed by atoms with Gasteiger partial charge in [-0.05, 0) is 18.1 Å². The standard InChI is InChI=1S/C18H16ClF2N3/c19-15-9-5-4-8-14(15)16-12-24(18(17(20)21)23-22-16)11-10-13-6-2-1-3-7-13/h1-9,12,17,22H,10-11H2. The van der Waals surface area contributed by atoms with Gasteiger partial charge in [-0.25, -0.2) is 8.78 Å². The van der Waals surface area contributed by atoms with Crippen LogP contribution in [0.1, 0.15) is 11.1 Å². The maximum atomic E-state index is 13.2. The van der Waals surface area contributed by atoms with Gasteiger partial charge in [-0.1, -0.05) is 60.1 Å². The molecular formula is C18H16ClF2N3. The highest BCUT2D eigenvalue weighted by atomic mass is 35.5. The maximum absolute atomic E-state index is 13.2. The summed E-state index contributed by atoms with van der Waals surface area (Å²) >= 11 is 6.18. The van der Waals surface area contributed by atoms with Gasteiger partial charge in [0.05, 0.1) is 5.70 Å². The Balaban J connectivity index is 1.82. The average Bonchev–Trinajstić information content (AvgIpc) is 2.61. The molecule has 0 atom stereocenters. The van der Waals surface area contributed by atoms with Crippen LogP contribution in [0.15, 0.2) is 65.9 Å². The Kier molecular flexibility index (Phi) is 5.11. The maximum Gasteiger partial charge on any atom is 0.297 e. The highest BCUT2D eigenvalue weighted by Gasteiger charge is 2.24. The minimum atomic E-state index is -2.66. The van der Waals surface area contributed by atoms with Crippen LogP contribution in [0.2, 0.25) is 5.02 Å². The summed E-state index contributed by atoms with van der Waals surface area (Å²) in [6.07, 6.45) is -0.380. The number of rotatable bonds is 5. The van der Waals surface area contributed by atoms with Gasteiger partial charge in [-0.2, -0.15) is 5.10 Å². The predicted molar refractivity (Wildman–Crippen MR) is 92.9 cm³/mol. The van der Waals surface area contributed by atoms with Crippen molar-refractivity contribution in [3.05, 3.63) is 76.9 Å². The van der Waals surface area contributed by atoms with Crippen molar-refractivity contribution in [1.82, 2.24) is 10.3 Å². The van der Waals surface area contributed by atoms with E-state index < -0.39 is 6.43 Å². The number of hydrazone groups is 1. The van der Waals surface area contributed by atoms with E-state index in [2.05, 4.69) is 10.5 Å². The average molecular weight is 348 g/mol. The first kappa shape index (κ1) is 16.5. The predicted octanol–water partition coefficient (Wildman–Crippen LogP) is 4.36. The molecule has 2 aromatic rings. The molecule has 0 spiro atoms. The van der Waals surface area contributed by atoms with Crippen LogP contribution in [0.5, 0.6) is 0 Å². The topological polar surface area (TPSA) is 27.6 Å². The summed E-state index contributed by atoms with van der Waals surface area (Å²) in [5, 5.41) is 4.37. The number of benzene rings is 2. The lowest BCUT2D eigenvalue weighted by Crippen LogP contribution is -2.38. The first-order valence-corrected chi connectivity index (χ1v) is 7.92. The molecule has 124 valence electrons. The lowest BCUT2D eigenvalue weighted by Gasteiger charge is -2.27. The Morgan fingerprint density at radius 1 is 1.04 bits per heavy atom. The largest absolute Gasteiger partial charge is 0.328 e. The smallest absolute Gasteiger partial charge is 0.297 e. The first-order chi connectivity index (χ1) is 11.6. The van der Waals surface area contributed by atoms with Crippen molar-refractivity contribution in [2.75, 3.05) is 6.54 Å². The van der Waals surface area contributed by atoms with Gasteiger partial charge in [-0.3, -0.25) is 5.43 Å². The summed E-state index contributed by atoms with van der Waals surface area (Å²) in [6.45, 7) is 0.406. The van der Waals surface area contributed by atoms with Gasteiger partial charge in [0, 0.05) is 23.3 Å². The van der Waals surface area contributed by atoms with Crippen LogP contribution in [0.3, 0.4) is 0 Å². The number of alkyl halides is 2. The summed E-state index contributed by atoms with van der Waals surface area (Å²) in [4.78, 5) is 1.48. The number of nitrogens with zero attached hydrogens (tertiary/aromatic N) is 2. The monoisotopic (exact) mass is 347 g/mol. The number of hydrogen-bond acceptors (Lipinski definition) is 3. The van der Waals surface area contributed by atoms with Crippen LogP contribution in [0.4, 0.5) is 8.78 Å². The second-order valence-electron chi connectivity index (χ2n) is 5.33. The zero-order chi connectivity index (χ0) is 16.9. The van der Waals surface area contributed by atoms with E-state index in [1.165, 1.54) is 4.90 Å². The van der Waals surface area contributed by atoms with E-state index in [4.69, 9.17) is 11.6 Å². The highest BCUT2D eigenvalue weighted by molar-refractivity contribution is 6.32. The molecule has 0 radical (unpaired) electrons. The van der Waals surface area contributed by atoms with Crippen LogP contribution in [-0.2, 0) is 6.42 Å². The van der Waals surface area contributed by atoms with Crippen molar-refractivity contribution in [3.8, 4) is 0 Å². The van der Waals surface area contributed by atoms with Crippen LogP contribution in [0, 0.1) is 0 Å². The summed E-state index contributed by atoms with van der Waals surface area (Å²) < 4.78 is 26.5. The van der Waals surface area contributed by atoms with Crippen LogP contribution < -0.4 is 5.43 Å².